The minimum atomic E-state index is 0.0767. The van der Waals surface area contributed by atoms with Gasteiger partial charge in [0.05, 0.1) is 11.4 Å². The van der Waals surface area contributed by atoms with Gasteiger partial charge in [-0.05, 0) is 48.8 Å². The molecule has 4 rings (SSSR count). The molecule has 0 spiro atoms. The monoisotopic (exact) mass is 322 g/mol. The van der Waals surface area contributed by atoms with Crippen LogP contribution in [-0.4, -0.2) is 24.0 Å². The lowest BCUT2D eigenvalue weighted by Gasteiger charge is -2.39. The molecule has 0 radical (unpaired) electrons. The Morgan fingerprint density at radius 1 is 1.25 bits per heavy atom. The zero-order valence-corrected chi connectivity index (χ0v) is 14.1. The first-order valence-electron chi connectivity index (χ1n) is 8.63. The predicted molar refractivity (Wildman–Crippen MR) is 96.2 cm³/mol. The van der Waals surface area contributed by atoms with E-state index in [9.17, 15) is 9.90 Å². The fourth-order valence-electron chi connectivity index (χ4n) is 4.03. The minimum absolute atomic E-state index is 0.0767. The third kappa shape index (κ3) is 2.17. The maximum atomic E-state index is 11.8. The molecule has 3 aliphatic rings. The Balaban J connectivity index is 1.89. The standard InChI is InChI=1S/C20H22N2O2/c1-3-4-5-14-10-13-11-15(23)6-8-17(13)20-21(2)18-9-7-16(24)12-19(18)22(14)20/h6-9,11-12,14,24H,3-5,10H2,1-2H3. The molecule has 0 aromatic heterocycles. The van der Waals surface area contributed by atoms with Crippen LogP contribution >= 0.6 is 0 Å². The molecular weight excluding hydrogens is 300 g/mol. The zero-order chi connectivity index (χ0) is 16.8. The number of nitrogens with zero attached hydrogens (tertiary/aromatic N) is 2. The summed E-state index contributed by atoms with van der Waals surface area (Å²) >= 11 is 0. The molecule has 1 atom stereocenters. The van der Waals surface area contributed by atoms with Crippen LogP contribution in [0.5, 0.6) is 5.75 Å². The molecule has 2 heterocycles. The van der Waals surface area contributed by atoms with E-state index < -0.39 is 0 Å². The van der Waals surface area contributed by atoms with E-state index in [1.807, 2.05) is 18.2 Å². The van der Waals surface area contributed by atoms with Crippen molar-refractivity contribution in [1.29, 1.82) is 0 Å². The van der Waals surface area contributed by atoms with Gasteiger partial charge in [0, 0.05) is 24.7 Å². The number of carbonyl (C=O) groups is 1. The van der Waals surface area contributed by atoms with Gasteiger partial charge in [-0.2, -0.15) is 0 Å². The number of unbranched alkanes of at least 4 members (excludes halogenated alkanes) is 1. The molecule has 24 heavy (non-hydrogen) atoms. The van der Waals surface area contributed by atoms with Crippen molar-refractivity contribution in [2.24, 2.45) is 0 Å². The molecule has 124 valence electrons. The van der Waals surface area contributed by atoms with Crippen molar-refractivity contribution in [1.82, 2.24) is 0 Å². The smallest absolute Gasteiger partial charge is 0.178 e. The zero-order valence-electron chi connectivity index (χ0n) is 14.1. The second kappa shape index (κ2) is 5.55. The Hall–Kier alpha value is -2.49. The van der Waals surface area contributed by atoms with Crippen LogP contribution in [0, 0.1) is 0 Å². The summed E-state index contributed by atoms with van der Waals surface area (Å²) in [6.45, 7) is 2.20. The van der Waals surface area contributed by atoms with Gasteiger partial charge in [-0.3, -0.25) is 4.79 Å². The SMILES string of the molecule is CCCCC1CC2=CC(=O)C=CC2=C2N(C)c3ccc(O)cc3N21. The summed E-state index contributed by atoms with van der Waals surface area (Å²) in [5.41, 5.74) is 4.42. The maximum absolute atomic E-state index is 11.8. The minimum Gasteiger partial charge on any atom is -0.508 e. The molecular formula is C20H22N2O2. The van der Waals surface area contributed by atoms with Gasteiger partial charge in [0.1, 0.15) is 11.6 Å². The van der Waals surface area contributed by atoms with Crippen molar-refractivity contribution in [3.63, 3.8) is 0 Å². The van der Waals surface area contributed by atoms with Gasteiger partial charge in [0.15, 0.2) is 5.78 Å². The molecule has 0 saturated heterocycles. The Morgan fingerprint density at radius 3 is 2.88 bits per heavy atom. The molecule has 2 aliphatic heterocycles. The molecule has 0 fully saturated rings. The van der Waals surface area contributed by atoms with E-state index in [2.05, 4.69) is 23.8 Å². The van der Waals surface area contributed by atoms with Crippen molar-refractivity contribution in [3.05, 3.63) is 53.4 Å². The molecule has 1 N–H and O–H groups in total. The molecule has 1 aromatic rings. The number of carbonyl (C=O) groups excluding carboxylic acids is 1. The predicted octanol–water partition coefficient (Wildman–Crippen LogP) is 3.89. The number of phenols is 1. The number of aromatic hydroxyl groups is 1. The quantitative estimate of drug-likeness (QED) is 0.917. The molecule has 1 unspecified atom stereocenters. The van der Waals surface area contributed by atoms with E-state index in [0.717, 1.165) is 54.0 Å². The van der Waals surface area contributed by atoms with Crippen molar-refractivity contribution in [3.8, 4) is 5.75 Å². The van der Waals surface area contributed by atoms with Gasteiger partial charge in [-0.1, -0.05) is 19.8 Å². The van der Waals surface area contributed by atoms with Crippen LogP contribution in [0.15, 0.2) is 53.4 Å². The number of rotatable bonds is 3. The van der Waals surface area contributed by atoms with E-state index in [1.165, 1.54) is 0 Å². The number of hydrogen-bond acceptors (Lipinski definition) is 4. The summed E-state index contributed by atoms with van der Waals surface area (Å²) in [5, 5.41) is 9.97. The van der Waals surface area contributed by atoms with Crippen LogP contribution in [0.3, 0.4) is 0 Å². The number of ketones is 1. The van der Waals surface area contributed by atoms with E-state index >= 15 is 0 Å². The highest BCUT2D eigenvalue weighted by molar-refractivity contribution is 6.03. The van der Waals surface area contributed by atoms with Gasteiger partial charge in [-0.15, -0.1) is 0 Å². The lowest BCUT2D eigenvalue weighted by molar-refractivity contribution is -0.110. The van der Waals surface area contributed by atoms with Crippen LogP contribution in [0.2, 0.25) is 0 Å². The van der Waals surface area contributed by atoms with E-state index in [-0.39, 0.29) is 5.78 Å². The second-order valence-electron chi connectivity index (χ2n) is 6.74. The van der Waals surface area contributed by atoms with E-state index in [0.29, 0.717) is 11.8 Å². The Labute approximate surface area is 142 Å². The van der Waals surface area contributed by atoms with Crippen LogP contribution < -0.4 is 9.80 Å². The molecule has 0 saturated carbocycles. The van der Waals surface area contributed by atoms with Crippen molar-refractivity contribution in [2.45, 2.75) is 38.6 Å². The molecule has 4 heteroatoms. The lowest BCUT2D eigenvalue weighted by Crippen LogP contribution is -2.41. The summed E-state index contributed by atoms with van der Waals surface area (Å²) in [4.78, 5) is 16.4. The highest BCUT2D eigenvalue weighted by Gasteiger charge is 2.40. The number of anilines is 2. The third-order valence-electron chi connectivity index (χ3n) is 5.15. The molecule has 4 nitrogen and oxygen atoms in total. The van der Waals surface area contributed by atoms with Crippen LogP contribution in [0.25, 0.3) is 0 Å². The van der Waals surface area contributed by atoms with E-state index in [4.69, 9.17) is 0 Å². The van der Waals surface area contributed by atoms with E-state index in [1.54, 1.807) is 18.2 Å². The second-order valence-corrected chi connectivity index (χ2v) is 6.74. The largest absolute Gasteiger partial charge is 0.508 e. The van der Waals surface area contributed by atoms with Crippen molar-refractivity contribution < 1.29 is 9.90 Å². The molecule has 1 aliphatic carbocycles. The van der Waals surface area contributed by atoms with Gasteiger partial charge < -0.3 is 14.9 Å². The summed E-state index contributed by atoms with van der Waals surface area (Å²) in [6.07, 6.45) is 9.62. The Morgan fingerprint density at radius 2 is 2.08 bits per heavy atom. The third-order valence-corrected chi connectivity index (χ3v) is 5.15. The maximum Gasteiger partial charge on any atom is 0.178 e. The first-order valence-corrected chi connectivity index (χ1v) is 8.63. The summed E-state index contributed by atoms with van der Waals surface area (Å²) in [5.74, 6) is 1.49. The summed E-state index contributed by atoms with van der Waals surface area (Å²) in [7, 11) is 2.06. The van der Waals surface area contributed by atoms with Crippen molar-refractivity contribution in [2.75, 3.05) is 16.8 Å². The number of hydrogen-bond donors (Lipinski definition) is 1. The average molecular weight is 322 g/mol. The molecule has 0 bridgehead atoms. The van der Waals surface area contributed by atoms with Gasteiger partial charge in [0.2, 0.25) is 0 Å². The Bertz CT molecular complexity index is 804. The van der Waals surface area contributed by atoms with Gasteiger partial charge in [0.25, 0.3) is 0 Å². The fourth-order valence-corrected chi connectivity index (χ4v) is 4.03. The molecule has 1 aromatic carbocycles. The summed E-state index contributed by atoms with van der Waals surface area (Å²) < 4.78 is 0. The molecule has 0 amide bonds. The van der Waals surface area contributed by atoms with Crippen molar-refractivity contribution >= 4 is 17.2 Å². The first-order chi connectivity index (χ1) is 11.6. The van der Waals surface area contributed by atoms with Gasteiger partial charge in [-0.25, -0.2) is 0 Å². The average Bonchev–Trinajstić information content (AvgIpc) is 2.85. The number of fused-ring (bicyclic) bond motifs is 4. The van der Waals surface area contributed by atoms with Crippen LogP contribution in [0.1, 0.15) is 32.6 Å². The fraction of sp³-hybridized carbons (Fsp3) is 0.350. The number of benzene rings is 1. The number of allylic oxidation sites excluding steroid dienone is 4. The highest BCUT2D eigenvalue weighted by Crippen LogP contribution is 2.50. The number of phenolic OH excluding ortho intramolecular Hbond substituents is 1. The highest BCUT2D eigenvalue weighted by atomic mass is 16.3. The first kappa shape index (κ1) is 15.1. The lowest BCUT2D eigenvalue weighted by atomic mass is 9.87. The van der Waals surface area contributed by atoms with Crippen LogP contribution in [0.4, 0.5) is 11.4 Å². The van der Waals surface area contributed by atoms with Crippen LogP contribution in [-0.2, 0) is 4.79 Å². The topological polar surface area (TPSA) is 43.8 Å². The van der Waals surface area contributed by atoms with Gasteiger partial charge >= 0.3 is 0 Å². The summed E-state index contributed by atoms with van der Waals surface area (Å²) in [6, 6.07) is 5.87. The normalized spacial score (nSPS) is 21.7. The Kier molecular flexibility index (Phi) is 3.48.